The van der Waals surface area contributed by atoms with Gasteiger partial charge in [-0.25, -0.2) is 13.2 Å². The van der Waals surface area contributed by atoms with Crippen LogP contribution >= 0.6 is 11.6 Å². The standard InChI is InChI=1S/C18H14ClF3N2O2/c1-9-6-11(19)2-5-14(9)24-8-10(7-15(24)25)18(26)23-13-4-3-12(20)16(21)17(13)22/h2-6,10H,7-8H2,1H3,(H,23,26). The molecule has 0 spiro atoms. The lowest BCUT2D eigenvalue weighted by atomic mass is 10.1. The molecule has 3 rings (SSSR count). The Labute approximate surface area is 152 Å². The minimum atomic E-state index is -1.66. The van der Waals surface area contributed by atoms with E-state index in [-0.39, 0.29) is 18.9 Å². The van der Waals surface area contributed by atoms with Gasteiger partial charge in [-0.15, -0.1) is 0 Å². The molecule has 26 heavy (non-hydrogen) atoms. The molecule has 0 bridgehead atoms. The van der Waals surface area contributed by atoms with Crippen molar-refractivity contribution in [1.29, 1.82) is 0 Å². The van der Waals surface area contributed by atoms with Crippen molar-refractivity contribution in [2.75, 3.05) is 16.8 Å². The number of nitrogens with one attached hydrogen (secondary N) is 1. The van der Waals surface area contributed by atoms with Gasteiger partial charge in [0.2, 0.25) is 11.8 Å². The first-order valence-electron chi connectivity index (χ1n) is 7.79. The van der Waals surface area contributed by atoms with E-state index in [4.69, 9.17) is 11.6 Å². The summed E-state index contributed by atoms with van der Waals surface area (Å²) in [6.45, 7) is 1.89. The lowest BCUT2D eigenvalue weighted by Gasteiger charge is -2.19. The van der Waals surface area contributed by atoms with Crippen LogP contribution in [0, 0.1) is 30.3 Å². The van der Waals surface area contributed by atoms with Crippen LogP contribution in [0.5, 0.6) is 0 Å². The molecular formula is C18H14ClF3N2O2. The fourth-order valence-corrected chi connectivity index (χ4v) is 3.12. The number of benzene rings is 2. The molecule has 1 aliphatic heterocycles. The maximum Gasteiger partial charge on any atom is 0.229 e. The van der Waals surface area contributed by atoms with E-state index in [1.165, 1.54) is 4.90 Å². The Morgan fingerprint density at radius 3 is 2.62 bits per heavy atom. The van der Waals surface area contributed by atoms with Gasteiger partial charge in [-0.1, -0.05) is 11.6 Å². The van der Waals surface area contributed by atoms with E-state index in [1.807, 2.05) is 0 Å². The molecule has 8 heteroatoms. The summed E-state index contributed by atoms with van der Waals surface area (Å²) in [7, 11) is 0. The van der Waals surface area contributed by atoms with E-state index in [1.54, 1.807) is 25.1 Å². The number of carbonyl (C=O) groups is 2. The van der Waals surface area contributed by atoms with Crippen LogP contribution in [-0.2, 0) is 9.59 Å². The number of hydrogen-bond acceptors (Lipinski definition) is 2. The number of aryl methyl sites for hydroxylation is 1. The van der Waals surface area contributed by atoms with Gasteiger partial charge in [0.15, 0.2) is 17.5 Å². The quantitative estimate of drug-likeness (QED) is 0.814. The number of anilines is 2. The van der Waals surface area contributed by atoms with Gasteiger partial charge >= 0.3 is 0 Å². The summed E-state index contributed by atoms with van der Waals surface area (Å²) < 4.78 is 39.9. The summed E-state index contributed by atoms with van der Waals surface area (Å²) >= 11 is 5.91. The van der Waals surface area contributed by atoms with Gasteiger partial charge in [-0.2, -0.15) is 0 Å². The second-order valence-corrected chi connectivity index (χ2v) is 6.48. The van der Waals surface area contributed by atoms with E-state index in [9.17, 15) is 22.8 Å². The van der Waals surface area contributed by atoms with Crippen molar-refractivity contribution in [2.24, 2.45) is 5.92 Å². The molecule has 136 valence electrons. The molecule has 1 fully saturated rings. The summed E-state index contributed by atoms with van der Waals surface area (Å²) in [4.78, 5) is 26.1. The van der Waals surface area contributed by atoms with Crippen LogP contribution in [0.1, 0.15) is 12.0 Å². The molecule has 2 aromatic carbocycles. The SMILES string of the molecule is Cc1cc(Cl)ccc1N1CC(C(=O)Nc2ccc(F)c(F)c2F)CC1=O. The van der Waals surface area contributed by atoms with Crippen molar-refractivity contribution < 1.29 is 22.8 Å². The average Bonchev–Trinajstić information content (AvgIpc) is 2.97. The van der Waals surface area contributed by atoms with E-state index < -0.39 is 35.0 Å². The van der Waals surface area contributed by atoms with Gasteiger partial charge in [0.25, 0.3) is 0 Å². The number of halogens is 4. The first-order chi connectivity index (χ1) is 12.3. The van der Waals surface area contributed by atoms with Crippen molar-refractivity contribution in [2.45, 2.75) is 13.3 Å². The number of carbonyl (C=O) groups excluding carboxylic acids is 2. The number of amides is 2. The fourth-order valence-electron chi connectivity index (χ4n) is 2.89. The lowest BCUT2D eigenvalue weighted by molar-refractivity contribution is -0.122. The predicted molar refractivity (Wildman–Crippen MR) is 91.6 cm³/mol. The maximum absolute atomic E-state index is 13.7. The van der Waals surface area contributed by atoms with Gasteiger partial charge < -0.3 is 10.2 Å². The summed E-state index contributed by atoms with van der Waals surface area (Å²) in [5.74, 6) is -6.14. The Bertz CT molecular complexity index is 904. The first-order valence-corrected chi connectivity index (χ1v) is 8.16. The molecule has 1 unspecified atom stereocenters. The molecule has 1 saturated heterocycles. The van der Waals surface area contributed by atoms with Crippen LogP contribution in [0.25, 0.3) is 0 Å². The number of rotatable bonds is 3. The second kappa shape index (κ2) is 6.99. The third-order valence-electron chi connectivity index (χ3n) is 4.24. The van der Waals surface area contributed by atoms with Crippen molar-refractivity contribution >= 4 is 34.8 Å². The molecule has 1 atom stereocenters. The highest BCUT2D eigenvalue weighted by Gasteiger charge is 2.36. The Kier molecular flexibility index (Phi) is 4.91. The third-order valence-corrected chi connectivity index (χ3v) is 4.47. The van der Waals surface area contributed by atoms with Gasteiger partial charge in [0.1, 0.15) is 0 Å². The normalized spacial score (nSPS) is 16.9. The zero-order chi connectivity index (χ0) is 19.0. The smallest absolute Gasteiger partial charge is 0.229 e. The summed E-state index contributed by atoms with van der Waals surface area (Å²) in [5.41, 5.74) is 0.940. The number of hydrogen-bond donors (Lipinski definition) is 1. The van der Waals surface area contributed by atoms with Gasteiger partial charge in [-0.05, 0) is 42.8 Å². The minimum Gasteiger partial charge on any atom is -0.323 e. The highest BCUT2D eigenvalue weighted by atomic mass is 35.5. The highest BCUT2D eigenvalue weighted by Crippen LogP contribution is 2.30. The van der Waals surface area contributed by atoms with Crippen molar-refractivity contribution in [3.63, 3.8) is 0 Å². The van der Waals surface area contributed by atoms with Crippen molar-refractivity contribution in [3.8, 4) is 0 Å². The van der Waals surface area contributed by atoms with Gasteiger partial charge in [-0.3, -0.25) is 9.59 Å². The third kappa shape index (κ3) is 3.39. The van der Waals surface area contributed by atoms with Crippen molar-refractivity contribution in [1.82, 2.24) is 0 Å². The second-order valence-electron chi connectivity index (χ2n) is 6.05. The first kappa shape index (κ1) is 18.3. The molecule has 0 aliphatic carbocycles. The average molecular weight is 383 g/mol. The lowest BCUT2D eigenvalue weighted by Crippen LogP contribution is -2.28. The van der Waals surface area contributed by atoms with Crippen LogP contribution < -0.4 is 10.2 Å². The Balaban J connectivity index is 1.76. The summed E-state index contributed by atoms with van der Waals surface area (Å²) in [5, 5.41) is 2.74. The molecule has 2 aromatic rings. The highest BCUT2D eigenvalue weighted by molar-refractivity contribution is 6.30. The molecule has 0 saturated carbocycles. The molecule has 4 nitrogen and oxygen atoms in total. The van der Waals surface area contributed by atoms with E-state index >= 15 is 0 Å². The molecule has 0 radical (unpaired) electrons. The Morgan fingerprint density at radius 2 is 1.92 bits per heavy atom. The summed E-state index contributed by atoms with van der Waals surface area (Å²) in [6, 6.07) is 6.68. The molecule has 1 aliphatic rings. The molecular weight excluding hydrogens is 369 g/mol. The molecule has 0 aromatic heterocycles. The van der Waals surface area contributed by atoms with Crippen LogP contribution in [0.3, 0.4) is 0 Å². The number of nitrogens with zero attached hydrogens (tertiary/aromatic N) is 1. The van der Waals surface area contributed by atoms with E-state index in [0.717, 1.165) is 17.7 Å². The van der Waals surface area contributed by atoms with Crippen molar-refractivity contribution in [3.05, 3.63) is 58.4 Å². The van der Waals surface area contributed by atoms with Crippen LogP contribution in [0.15, 0.2) is 30.3 Å². The van der Waals surface area contributed by atoms with E-state index in [2.05, 4.69) is 5.32 Å². The Morgan fingerprint density at radius 1 is 1.19 bits per heavy atom. The molecule has 2 amide bonds. The van der Waals surface area contributed by atoms with Gasteiger partial charge in [0.05, 0.1) is 11.6 Å². The van der Waals surface area contributed by atoms with Crippen LogP contribution in [0.4, 0.5) is 24.5 Å². The maximum atomic E-state index is 13.7. The van der Waals surface area contributed by atoms with Crippen LogP contribution in [-0.4, -0.2) is 18.4 Å². The van der Waals surface area contributed by atoms with Crippen LogP contribution in [0.2, 0.25) is 5.02 Å². The van der Waals surface area contributed by atoms with Gasteiger partial charge in [0, 0.05) is 23.7 Å². The zero-order valence-electron chi connectivity index (χ0n) is 13.7. The topological polar surface area (TPSA) is 49.4 Å². The zero-order valence-corrected chi connectivity index (χ0v) is 14.4. The monoisotopic (exact) mass is 382 g/mol. The fraction of sp³-hybridized carbons (Fsp3) is 0.222. The predicted octanol–water partition coefficient (Wildman–Crippen LogP) is 4.06. The Hall–Kier alpha value is -2.54. The largest absolute Gasteiger partial charge is 0.323 e. The molecule has 1 heterocycles. The van der Waals surface area contributed by atoms with E-state index in [0.29, 0.717) is 10.7 Å². The molecule has 1 N–H and O–H groups in total. The minimum absolute atomic E-state index is 0.0702. The summed E-state index contributed by atoms with van der Waals surface area (Å²) in [6.07, 6.45) is -0.0702.